The van der Waals surface area contributed by atoms with Gasteiger partial charge in [0.15, 0.2) is 0 Å². The van der Waals surface area contributed by atoms with Crippen LogP contribution in [0.5, 0.6) is 0 Å². The molecule has 1 aromatic rings. The van der Waals surface area contributed by atoms with Crippen molar-refractivity contribution < 1.29 is 9.53 Å². The molecule has 1 aliphatic heterocycles. The third-order valence-corrected chi connectivity index (χ3v) is 3.38. The minimum Gasteiger partial charge on any atom is -0.382 e. The van der Waals surface area contributed by atoms with Gasteiger partial charge in [0.2, 0.25) is 5.91 Å². The molecule has 1 heterocycles. The van der Waals surface area contributed by atoms with Crippen LogP contribution in [0.4, 0.5) is 0 Å². The SMILES string of the molecule is COCC(C)(C)NC(=O)C1CNCc2ccccc21. The summed E-state index contributed by atoms with van der Waals surface area (Å²) >= 11 is 0. The van der Waals surface area contributed by atoms with Gasteiger partial charge in [-0.15, -0.1) is 0 Å². The van der Waals surface area contributed by atoms with E-state index in [1.807, 2.05) is 32.0 Å². The van der Waals surface area contributed by atoms with Gasteiger partial charge in [-0.05, 0) is 25.0 Å². The van der Waals surface area contributed by atoms with Crippen molar-refractivity contribution in [2.24, 2.45) is 0 Å². The lowest BCUT2D eigenvalue weighted by Gasteiger charge is -2.31. The van der Waals surface area contributed by atoms with Gasteiger partial charge in [-0.2, -0.15) is 0 Å². The van der Waals surface area contributed by atoms with E-state index in [2.05, 4.69) is 16.7 Å². The fourth-order valence-corrected chi connectivity index (χ4v) is 2.55. The van der Waals surface area contributed by atoms with E-state index in [4.69, 9.17) is 4.74 Å². The molecule has 0 spiro atoms. The number of fused-ring (bicyclic) bond motifs is 1. The molecule has 0 saturated heterocycles. The Morgan fingerprint density at radius 3 is 2.95 bits per heavy atom. The van der Waals surface area contributed by atoms with Crippen molar-refractivity contribution in [2.45, 2.75) is 31.8 Å². The first-order chi connectivity index (χ1) is 9.03. The molecule has 0 radical (unpaired) electrons. The van der Waals surface area contributed by atoms with E-state index in [0.717, 1.165) is 12.1 Å². The Kier molecular flexibility index (Phi) is 4.22. The highest BCUT2D eigenvalue weighted by Crippen LogP contribution is 2.24. The molecule has 0 bridgehead atoms. The van der Waals surface area contributed by atoms with Gasteiger partial charge < -0.3 is 15.4 Å². The summed E-state index contributed by atoms with van der Waals surface area (Å²) in [5.74, 6) is -0.0669. The lowest BCUT2D eigenvalue weighted by atomic mass is 9.89. The van der Waals surface area contributed by atoms with Crippen LogP contribution in [-0.4, -0.2) is 31.7 Å². The molecule has 1 atom stereocenters. The van der Waals surface area contributed by atoms with Crippen LogP contribution in [0.2, 0.25) is 0 Å². The van der Waals surface area contributed by atoms with Crippen LogP contribution in [0.15, 0.2) is 24.3 Å². The van der Waals surface area contributed by atoms with Crippen molar-refractivity contribution in [3.63, 3.8) is 0 Å². The number of carbonyl (C=O) groups is 1. The Balaban J connectivity index is 2.13. The number of methoxy groups -OCH3 is 1. The molecule has 104 valence electrons. The van der Waals surface area contributed by atoms with E-state index in [-0.39, 0.29) is 17.4 Å². The summed E-state index contributed by atoms with van der Waals surface area (Å²) in [6.45, 7) is 5.96. The summed E-state index contributed by atoms with van der Waals surface area (Å²) in [6.07, 6.45) is 0. The van der Waals surface area contributed by atoms with Crippen molar-refractivity contribution >= 4 is 5.91 Å². The quantitative estimate of drug-likeness (QED) is 0.862. The lowest BCUT2D eigenvalue weighted by Crippen LogP contribution is -2.50. The Bertz CT molecular complexity index is 457. The molecule has 0 fully saturated rings. The van der Waals surface area contributed by atoms with Crippen LogP contribution in [0, 0.1) is 0 Å². The fraction of sp³-hybridized carbons (Fsp3) is 0.533. The van der Waals surface area contributed by atoms with Crippen LogP contribution in [0.3, 0.4) is 0 Å². The normalized spacial score (nSPS) is 18.8. The zero-order chi connectivity index (χ0) is 13.9. The first-order valence-corrected chi connectivity index (χ1v) is 6.63. The third-order valence-electron chi connectivity index (χ3n) is 3.38. The number of amides is 1. The molecule has 2 rings (SSSR count). The Morgan fingerprint density at radius 2 is 2.21 bits per heavy atom. The summed E-state index contributed by atoms with van der Waals surface area (Å²) in [6, 6.07) is 8.12. The van der Waals surface area contributed by atoms with E-state index in [1.165, 1.54) is 5.56 Å². The molecule has 0 aromatic heterocycles. The molecule has 1 aliphatic rings. The van der Waals surface area contributed by atoms with E-state index in [0.29, 0.717) is 13.2 Å². The molecule has 1 aromatic carbocycles. The number of hydrogen-bond donors (Lipinski definition) is 2. The summed E-state index contributed by atoms with van der Waals surface area (Å²) in [7, 11) is 1.64. The van der Waals surface area contributed by atoms with Crippen molar-refractivity contribution in [1.29, 1.82) is 0 Å². The minimum atomic E-state index is -0.349. The number of ether oxygens (including phenoxy) is 1. The number of rotatable bonds is 4. The van der Waals surface area contributed by atoms with Gasteiger partial charge in [-0.25, -0.2) is 0 Å². The Morgan fingerprint density at radius 1 is 1.47 bits per heavy atom. The zero-order valence-electron chi connectivity index (χ0n) is 11.8. The van der Waals surface area contributed by atoms with Gasteiger partial charge in [0, 0.05) is 20.2 Å². The summed E-state index contributed by atoms with van der Waals surface area (Å²) in [5.41, 5.74) is 1.99. The minimum absolute atomic E-state index is 0.0571. The van der Waals surface area contributed by atoms with Gasteiger partial charge >= 0.3 is 0 Å². The molecule has 4 heteroatoms. The average Bonchev–Trinajstić information content (AvgIpc) is 2.37. The Hall–Kier alpha value is -1.39. The topological polar surface area (TPSA) is 50.4 Å². The number of benzene rings is 1. The standard InChI is InChI=1S/C15H22N2O2/c1-15(2,10-19-3)17-14(18)13-9-16-8-11-6-4-5-7-12(11)13/h4-7,13,16H,8-10H2,1-3H3,(H,17,18). The van der Waals surface area contributed by atoms with Crippen molar-refractivity contribution in [3.05, 3.63) is 35.4 Å². The van der Waals surface area contributed by atoms with Crippen molar-refractivity contribution in [1.82, 2.24) is 10.6 Å². The van der Waals surface area contributed by atoms with Crippen molar-refractivity contribution in [2.75, 3.05) is 20.3 Å². The highest BCUT2D eigenvalue weighted by molar-refractivity contribution is 5.85. The highest BCUT2D eigenvalue weighted by Gasteiger charge is 2.29. The monoisotopic (exact) mass is 262 g/mol. The maximum atomic E-state index is 12.4. The smallest absolute Gasteiger partial charge is 0.229 e. The molecule has 2 N–H and O–H groups in total. The van der Waals surface area contributed by atoms with Crippen LogP contribution < -0.4 is 10.6 Å². The van der Waals surface area contributed by atoms with Crippen LogP contribution in [0.25, 0.3) is 0 Å². The van der Waals surface area contributed by atoms with Gasteiger partial charge in [0.25, 0.3) is 0 Å². The maximum Gasteiger partial charge on any atom is 0.229 e. The average molecular weight is 262 g/mol. The molecule has 19 heavy (non-hydrogen) atoms. The fourth-order valence-electron chi connectivity index (χ4n) is 2.55. The van der Waals surface area contributed by atoms with Gasteiger partial charge in [0.1, 0.15) is 0 Å². The number of nitrogens with one attached hydrogen (secondary N) is 2. The van der Waals surface area contributed by atoms with E-state index in [9.17, 15) is 4.79 Å². The second-order valence-corrected chi connectivity index (χ2v) is 5.69. The molecule has 0 saturated carbocycles. The summed E-state index contributed by atoms with van der Waals surface area (Å²) < 4.78 is 5.13. The molecular weight excluding hydrogens is 240 g/mol. The first kappa shape index (κ1) is 14.0. The second kappa shape index (κ2) is 5.72. The number of carbonyl (C=O) groups excluding carboxylic acids is 1. The van der Waals surface area contributed by atoms with E-state index >= 15 is 0 Å². The Labute approximate surface area is 114 Å². The van der Waals surface area contributed by atoms with Crippen LogP contribution in [-0.2, 0) is 16.1 Å². The largest absolute Gasteiger partial charge is 0.382 e. The molecule has 0 aliphatic carbocycles. The zero-order valence-corrected chi connectivity index (χ0v) is 11.8. The molecule has 4 nitrogen and oxygen atoms in total. The predicted molar refractivity (Wildman–Crippen MR) is 75.0 cm³/mol. The van der Waals surface area contributed by atoms with E-state index in [1.54, 1.807) is 7.11 Å². The third kappa shape index (κ3) is 3.33. The molecular formula is C15H22N2O2. The number of hydrogen-bond acceptors (Lipinski definition) is 3. The van der Waals surface area contributed by atoms with Gasteiger partial charge in [-0.3, -0.25) is 4.79 Å². The predicted octanol–water partition coefficient (Wildman–Crippen LogP) is 1.41. The lowest BCUT2D eigenvalue weighted by molar-refractivity contribution is -0.124. The van der Waals surface area contributed by atoms with Crippen LogP contribution >= 0.6 is 0 Å². The summed E-state index contributed by atoms with van der Waals surface area (Å²) in [5, 5.41) is 6.36. The first-order valence-electron chi connectivity index (χ1n) is 6.63. The van der Waals surface area contributed by atoms with Crippen molar-refractivity contribution in [3.8, 4) is 0 Å². The van der Waals surface area contributed by atoms with E-state index < -0.39 is 0 Å². The molecule has 1 amide bonds. The molecule has 1 unspecified atom stereocenters. The van der Waals surface area contributed by atoms with Gasteiger partial charge in [-0.1, -0.05) is 24.3 Å². The highest BCUT2D eigenvalue weighted by atomic mass is 16.5. The maximum absolute atomic E-state index is 12.4. The summed E-state index contributed by atoms with van der Waals surface area (Å²) in [4.78, 5) is 12.4. The van der Waals surface area contributed by atoms with Gasteiger partial charge in [0.05, 0.1) is 18.1 Å². The second-order valence-electron chi connectivity index (χ2n) is 5.69. The van der Waals surface area contributed by atoms with Crippen LogP contribution in [0.1, 0.15) is 30.9 Å².